The fraction of sp³-hybridized carbons (Fsp3) is 0.154. The smallest absolute Gasteiger partial charge is 0.313 e. The highest BCUT2D eigenvalue weighted by atomic mass is 79.9. The van der Waals surface area contributed by atoms with Crippen LogP contribution in [0.25, 0.3) is 5.69 Å². The molecule has 0 radical (unpaired) electrons. The summed E-state index contributed by atoms with van der Waals surface area (Å²) in [5, 5.41) is 9.11. The third kappa shape index (κ3) is 3.49. The van der Waals surface area contributed by atoms with Crippen LogP contribution in [0.2, 0.25) is 0 Å². The van der Waals surface area contributed by atoms with Crippen molar-refractivity contribution in [2.75, 3.05) is 5.75 Å². The molecule has 2 rings (SSSR count). The molecule has 0 saturated heterocycles. The monoisotopic (exact) mass is 354 g/mol. The van der Waals surface area contributed by atoms with Crippen molar-refractivity contribution in [3.8, 4) is 5.69 Å². The summed E-state index contributed by atoms with van der Waals surface area (Å²) in [5.41, 5.74) is 1.47. The summed E-state index contributed by atoms with van der Waals surface area (Å²) in [6, 6.07) is 7.13. The lowest BCUT2D eigenvalue weighted by atomic mass is 10.2. The van der Waals surface area contributed by atoms with Crippen LogP contribution in [0.1, 0.15) is 5.56 Å². The van der Waals surface area contributed by atoms with E-state index < -0.39 is 11.5 Å². The number of rotatable bonds is 4. The van der Waals surface area contributed by atoms with Crippen LogP contribution in [0.3, 0.4) is 0 Å². The van der Waals surface area contributed by atoms with Crippen LogP contribution in [0, 0.1) is 6.92 Å². The molecule has 0 bridgehead atoms. The van der Waals surface area contributed by atoms with Crippen molar-refractivity contribution in [3.63, 3.8) is 0 Å². The number of aromatic nitrogens is 2. The van der Waals surface area contributed by atoms with E-state index in [1.807, 2.05) is 25.1 Å². The van der Waals surface area contributed by atoms with Gasteiger partial charge in [0.15, 0.2) is 5.16 Å². The topological polar surface area (TPSA) is 72.2 Å². The predicted molar refractivity (Wildman–Crippen MR) is 80.6 cm³/mol. The molecule has 20 heavy (non-hydrogen) atoms. The van der Waals surface area contributed by atoms with Gasteiger partial charge in [0.25, 0.3) is 5.56 Å². The van der Waals surface area contributed by atoms with Gasteiger partial charge in [-0.15, -0.1) is 0 Å². The van der Waals surface area contributed by atoms with Crippen LogP contribution in [-0.2, 0) is 4.79 Å². The molecule has 1 N–H and O–H groups in total. The predicted octanol–water partition coefficient (Wildman–Crippen LogP) is 2.48. The molecule has 0 saturated carbocycles. The molecule has 2 aromatic rings. The Balaban J connectivity index is 2.52. The fourth-order valence-corrected chi connectivity index (χ4v) is 2.75. The second-order valence-corrected chi connectivity index (χ2v) is 5.85. The van der Waals surface area contributed by atoms with Gasteiger partial charge in [-0.25, -0.2) is 0 Å². The Morgan fingerprint density at radius 2 is 2.20 bits per heavy atom. The van der Waals surface area contributed by atoms with Crippen molar-refractivity contribution in [2.24, 2.45) is 0 Å². The first kappa shape index (κ1) is 14.8. The number of nitrogens with zero attached hydrogens (tertiary/aromatic N) is 2. The van der Waals surface area contributed by atoms with E-state index >= 15 is 0 Å². The van der Waals surface area contributed by atoms with Crippen molar-refractivity contribution in [2.45, 2.75) is 12.1 Å². The van der Waals surface area contributed by atoms with E-state index in [4.69, 9.17) is 5.11 Å². The molecule has 104 valence electrons. The van der Waals surface area contributed by atoms with Crippen LogP contribution < -0.4 is 5.56 Å². The Morgan fingerprint density at radius 3 is 2.90 bits per heavy atom. The maximum atomic E-state index is 11.4. The van der Waals surface area contributed by atoms with Crippen molar-refractivity contribution in [1.29, 1.82) is 0 Å². The molecule has 0 unspecified atom stereocenters. The van der Waals surface area contributed by atoms with Crippen molar-refractivity contribution >= 4 is 33.7 Å². The van der Waals surface area contributed by atoms with Crippen molar-refractivity contribution < 1.29 is 9.90 Å². The number of hydrogen-bond donors (Lipinski definition) is 1. The first-order valence-corrected chi connectivity index (χ1v) is 7.46. The third-order valence-corrected chi connectivity index (χ3v) is 4.07. The minimum absolute atomic E-state index is 0.153. The van der Waals surface area contributed by atoms with E-state index in [2.05, 4.69) is 20.9 Å². The largest absolute Gasteiger partial charge is 0.481 e. The molecular formula is C13H11BrN2O3S. The normalized spacial score (nSPS) is 10.5. The lowest BCUT2D eigenvalue weighted by Gasteiger charge is -2.13. The number of thioether (sulfide) groups is 1. The van der Waals surface area contributed by atoms with Gasteiger partial charge in [0, 0.05) is 16.7 Å². The van der Waals surface area contributed by atoms with E-state index in [-0.39, 0.29) is 5.75 Å². The summed E-state index contributed by atoms with van der Waals surface area (Å²) in [6.07, 6.45) is 1.60. The van der Waals surface area contributed by atoms with Gasteiger partial charge in [-0.1, -0.05) is 17.8 Å². The Kier molecular flexibility index (Phi) is 4.61. The van der Waals surface area contributed by atoms with Crippen LogP contribution in [0.5, 0.6) is 0 Å². The molecule has 0 aliphatic heterocycles. The summed E-state index contributed by atoms with van der Waals surface area (Å²) >= 11 is 4.46. The highest BCUT2D eigenvalue weighted by molar-refractivity contribution is 9.10. The van der Waals surface area contributed by atoms with Crippen molar-refractivity contribution in [1.82, 2.24) is 9.55 Å². The maximum Gasteiger partial charge on any atom is 0.313 e. The van der Waals surface area contributed by atoms with Crippen LogP contribution in [0.15, 0.2) is 44.9 Å². The lowest BCUT2D eigenvalue weighted by Crippen LogP contribution is -2.13. The standard InChI is InChI=1S/C13H11BrN2O3S/c1-8-2-3-9(14)10(6-8)16-5-4-11(17)15-13(16)20-7-12(18)19/h2-6H,7H2,1H3,(H,18,19). The van der Waals surface area contributed by atoms with Crippen LogP contribution in [0.4, 0.5) is 0 Å². The zero-order valence-electron chi connectivity index (χ0n) is 10.5. The Hall–Kier alpha value is -1.60. The molecule has 5 nitrogen and oxygen atoms in total. The molecule has 0 aliphatic carbocycles. The van der Waals surface area contributed by atoms with Gasteiger partial charge < -0.3 is 5.11 Å². The van der Waals surface area contributed by atoms with Gasteiger partial charge in [-0.2, -0.15) is 4.98 Å². The Morgan fingerprint density at radius 1 is 1.45 bits per heavy atom. The van der Waals surface area contributed by atoms with Gasteiger partial charge in [0.1, 0.15) is 0 Å². The van der Waals surface area contributed by atoms with Crippen LogP contribution in [-0.4, -0.2) is 26.4 Å². The zero-order chi connectivity index (χ0) is 14.7. The molecule has 0 amide bonds. The van der Waals surface area contributed by atoms with E-state index in [9.17, 15) is 9.59 Å². The molecule has 1 heterocycles. The van der Waals surface area contributed by atoms with Gasteiger partial charge >= 0.3 is 5.97 Å². The summed E-state index contributed by atoms with van der Waals surface area (Å²) in [5.74, 6) is -1.11. The molecule has 1 aromatic carbocycles. The number of hydrogen-bond acceptors (Lipinski definition) is 4. The quantitative estimate of drug-likeness (QED) is 0.674. The summed E-state index contributed by atoms with van der Waals surface area (Å²) in [7, 11) is 0. The van der Waals surface area contributed by atoms with E-state index in [0.29, 0.717) is 5.16 Å². The van der Waals surface area contributed by atoms with Gasteiger partial charge in [0.2, 0.25) is 0 Å². The zero-order valence-corrected chi connectivity index (χ0v) is 12.9. The Bertz CT molecular complexity index is 715. The average molecular weight is 355 g/mol. The number of carbonyl (C=O) groups is 1. The van der Waals surface area contributed by atoms with Crippen LogP contribution >= 0.6 is 27.7 Å². The number of benzene rings is 1. The lowest BCUT2D eigenvalue weighted by molar-refractivity contribution is -0.133. The number of carboxylic acid groups (broad SMARTS) is 1. The summed E-state index contributed by atoms with van der Waals surface area (Å²) in [4.78, 5) is 25.9. The van der Waals surface area contributed by atoms with Gasteiger partial charge in [0.05, 0.1) is 11.4 Å². The molecule has 7 heteroatoms. The minimum atomic E-state index is -0.956. The number of halogens is 1. The highest BCUT2D eigenvalue weighted by Crippen LogP contribution is 2.26. The number of carboxylic acids is 1. The van der Waals surface area contributed by atoms with E-state index in [1.165, 1.54) is 6.07 Å². The molecule has 1 aromatic heterocycles. The SMILES string of the molecule is Cc1ccc(Br)c(-n2ccc(=O)nc2SCC(=O)O)c1. The average Bonchev–Trinajstić information content (AvgIpc) is 2.39. The maximum absolute atomic E-state index is 11.4. The summed E-state index contributed by atoms with van der Waals surface area (Å²) in [6.45, 7) is 1.95. The second-order valence-electron chi connectivity index (χ2n) is 4.06. The molecule has 0 fully saturated rings. The second kappa shape index (κ2) is 6.23. The molecule has 0 spiro atoms. The van der Waals surface area contributed by atoms with E-state index in [1.54, 1.807) is 10.8 Å². The first-order valence-electron chi connectivity index (χ1n) is 5.68. The number of aliphatic carboxylic acids is 1. The third-order valence-electron chi connectivity index (χ3n) is 2.46. The minimum Gasteiger partial charge on any atom is -0.481 e. The molecular weight excluding hydrogens is 344 g/mol. The van der Waals surface area contributed by atoms with E-state index in [0.717, 1.165) is 27.5 Å². The molecule has 0 aliphatic rings. The highest BCUT2D eigenvalue weighted by Gasteiger charge is 2.10. The Labute approximate surface area is 127 Å². The first-order chi connectivity index (χ1) is 9.47. The molecule has 0 atom stereocenters. The van der Waals surface area contributed by atoms with Gasteiger partial charge in [-0.3, -0.25) is 14.2 Å². The summed E-state index contributed by atoms with van der Waals surface area (Å²) < 4.78 is 2.54. The number of aryl methyl sites for hydroxylation is 1. The van der Waals surface area contributed by atoms with Gasteiger partial charge in [-0.05, 0) is 40.5 Å². The van der Waals surface area contributed by atoms with Crippen molar-refractivity contribution in [3.05, 3.63) is 50.9 Å². The fourth-order valence-electron chi connectivity index (χ4n) is 1.61.